The van der Waals surface area contributed by atoms with E-state index in [1.165, 1.54) is 0 Å². The van der Waals surface area contributed by atoms with Crippen molar-refractivity contribution in [2.24, 2.45) is 5.73 Å². The number of nitrogens with two attached hydrogens (primary N) is 1. The minimum absolute atomic E-state index is 0.0676. The lowest BCUT2D eigenvalue weighted by Gasteiger charge is -2.24. The Kier molecular flexibility index (Phi) is 3.68. The molecule has 1 fully saturated rings. The Labute approximate surface area is 89.0 Å². The molecule has 0 spiro atoms. The Morgan fingerprint density at radius 2 is 2.00 bits per heavy atom. The zero-order chi connectivity index (χ0) is 11.5. The van der Waals surface area contributed by atoms with Gasteiger partial charge >= 0.3 is 5.97 Å². The van der Waals surface area contributed by atoms with Crippen LogP contribution in [-0.4, -0.2) is 28.6 Å². The van der Waals surface area contributed by atoms with Gasteiger partial charge in [-0.1, -0.05) is 12.8 Å². The van der Waals surface area contributed by atoms with E-state index in [0.29, 0.717) is 12.8 Å². The van der Waals surface area contributed by atoms with Crippen molar-refractivity contribution < 1.29 is 14.7 Å². The molecule has 0 radical (unpaired) electrons. The molecular weight excluding hydrogens is 196 g/mol. The largest absolute Gasteiger partial charge is 0.481 e. The van der Waals surface area contributed by atoms with E-state index in [1.807, 2.05) is 0 Å². The van der Waals surface area contributed by atoms with Crippen LogP contribution in [0.2, 0.25) is 0 Å². The van der Waals surface area contributed by atoms with E-state index in [0.717, 1.165) is 12.8 Å². The number of hydrogen-bond acceptors (Lipinski definition) is 3. The fourth-order valence-electron chi connectivity index (χ4n) is 1.91. The Balaban J connectivity index is 2.44. The van der Waals surface area contributed by atoms with Crippen molar-refractivity contribution in [3.8, 4) is 0 Å². The first kappa shape index (κ1) is 12.0. The SMILES string of the molecule is CC(CC(=O)O)NC(=O)C1(N)CCCC1. The lowest BCUT2D eigenvalue weighted by Crippen LogP contribution is -2.54. The van der Waals surface area contributed by atoms with Crippen molar-refractivity contribution in [2.75, 3.05) is 0 Å². The van der Waals surface area contributed by atoms with Gasteiger partial charge in [0.15, 0.2) is 0 Å². The quantitative estimate of drug-likeness (QED) is 0.625. The lowest BCUT2D eigenvalue weighted by molar-refractivity contribution is -0.137. The Hall–Kier alpha value is -1.10. The first-order valence-electron chi connectivity index (χ1n) is 5.26. The smallest absolute Gasteiger partial charge is 0.305 e. The van der Waals surface area contributed by atoms with Gasteiger partial charge in [0, 0.05) is 6.04 Å². The van der Waals surface area contributed by atoms with Crippen LogP contribution < -0.4 is 11.1 Å². The predicted molar refractivity (Wildman–Crippen MR) is 55.2 cm³/mol. The average molecular weight is 214 g/mol. The number of carboxylic acids is 1. The second kappa shape index (κ2) is 4.61. The first-order chi connectivity index (χ1) is 6.94. The van der Waals surface area contributed by atoms with E-state index in [1.54, 1.807) is 6.92 Å². The molecule has 1 atom stereocenters. The van der Waals surface area contributed by atoms with Crippen molar-refractivity contribution in [1.82, 2.24) is 5.32 Å². The van der Waals surface area contributed by atoms with E-state index in [4.69, 9.17) is 10.8 Å². The minimum atomic E-state index is -0.916. The van der Waals surface area contributed by atoms with Crippen LogP contribution in [0.3, 0.4) is 0 Å². The van der Waals surface area contributed by atoms with Gasteiger partial charge in [-0.25, -0.2) is 0 Å². The molecule has 0 saturated heterocycles. The molecule has 5 heteroatoms. The van der Waals surface area contributed by atoms with Crippen LogP contribution in [0.5, 0.6) is 0 Å². The molecule has 86 valence electrons. The number of hydrogen-bond donors (Lipinski definition) is 3. The van der Waals surface area contributed by atoms with E-state index < -0.39 is 11.5 Å². The summed E-state index contributed by atoms with van der Waals surface area (Å²) >= 11 is 0. The number of nitrogens with one attached hydrogen (secondary N) is 1. The standard InChI is InChI=1S/C10H18N2O3/c1-7(6-8(13)14)12-9(15)10(11)4-2-3-5-10/h7H,2-6,11H2,1H3,(H,12,15)(H,13,14). The molecule has 1 aliphatic carbocycles. The van der Waals surface area contributed by atoms with Gasteiger partial charge in [0.1, 0.15) is 0 Å². The van der Waals surface area contributed by atoms with E-state index in [9.17, 15) is 9.59 Å². The number of carboxylic acid groups (broad SMARTS) is 1. The molecule has 4 N–H and O–H groups in total. The van der Waals surface area contributed by atoms with E-state index >= 15 is 0 Å². The highest BCUT2D eigenvalue weighted by atomic mass is 16.4. The third kappa shape index (κ3) is 3.20. The van der Waals surface area contributed by atoms with Gasteiger partial charge in [0.25, 0.3) is 0 Å². The summed E-state index contributed by atoms with van der Waals surface area (Å²) in [4.78, 5) is 22.1. The normalized spacial score (nSPS) is 20.9. The summed E-state index contributed by atoms with van der Waals surface area (Å²) in [5.74, 6) is -1.13. The number of rotatable bonds is 4. The number of carbonyl (C=O) groups excluding carboxylic acids is 1. The minimum Gasteiger partial charge on any atom is -0.481 e. The van der Waals surface area contributed by atoms with Crippen LogP contribution in [0.15, 0.2) is 0 Å². The maximum absolute atomic E-state index is 11.7. The van der Waals surface area contributed by atoms with Crippen molar-refractivity contribution in [3.05, 3.63) is 0 Å². The topological polar surface area (TPSA) is 92.4 Å². The molecule has 15 heavy (non-hydrogen) atoms. The molecule has 0 aliphatic heterocycles. The maximum Gasteiger partial charge on any atom is 0.305 e. The zero-order valence-corrected chi connectivity index (χ0v) is 8.95. The van der Waals surface area contributed by atoms with Gasteiger partial charge in [-0.2, -0.15) is 0 Å². The number of aliphatic carboxylic acids is 1. The average Bonchev–Trinajstić information content (AvgIpc) is 2.51. The monoisotopic (exact) mass is 214 g/mol. The van der Waals surface area contributed by atoms with Crippen molar-refractivity contribution in [3.63, 3.8) is 0 Å². The van der Waals surface area contributed by atoms with Crippen molar-refractivity contribution >= 4 is 11.9 Å². The summed E-state index contributed by atoms with van der Waals surface area (Å²) in [7, 11) is 0. The third-order valence-electron chi connectivity index (χ3n) is 2.81. The van der Waals surface area contributed by atoms with E-state index in [2.05, 4.69) is 5.32 Å². The predicted octanol–water partition coefficient (Wildman–Crippen LogP) is 0.237. The summed E-state index contributed by atoms with van der Waals surface area (Å²) in [6, 6.07) is -0.365. The molecule has 1 unspecified atom stereocenters. The van der Waals surface area contributed by atoms with Crippen molar-refractivity contribution in [2.45, 2.75) is 50.6 Å². The van der Waals surface area contributed by atoms with Gasteiger partial charge in [0.2, 0.25) is 5.91 Å². The van der Waals surface area contributed by atoms with Crippen LogP contribution in [0.25, 0.3) is 0 Å². The molecule has 5 nitrogen and oxygen atoms in total. The van der Waals surface area contributed by atoms with Crippen molar-refractivity contribution in [1.29, 1.82) is 0 Å². The summed E-state index contributed by atoms with van der Waals surface area (Å²) in [5.41, 5.74) is 5.15. The van der Waals surface area contributed by atoms with Gasteiger partial charge in [0.05, 0.1) is 12.0 Å². The molecule has 0 heterocycles. The molecule has 1 rings (SSSR count). The summed E-state index contributed by atoms with van der Waals surface area (Å²) in [6.45, 7) is 1.67. The van der Waals surface area contributed by atoms with Crippen LogP contribution in [0.1, 0.15) is 39.0 Å². The van der Waals surface area contributed by atoms with Gasteiger partial charge in [-0.15, -0.1) is 0 Å². The Bertz CT molecular complexity index is 259. The fraction of sp³-hybridized carbons (Fsp3) is 0.800. The van der Waals surface area contributed by atoms with Gasteiger partial charge in [-0.3, -0.25) is 9.59 Å². The lowest BCUT2D eigenvalue weighted by atomic mass is 9.97. The molecule has 1 amide bonds. The van der Waals surface area contributed by atoms with Crippen LogP contribution in [-0.2, 0) is 9.59 Å². The Morgan fingerprint density at radius 3 is 2.47 bits per heavy atom. The third-order valence-corrected chi connectivity index (χ3v) is 2.81. The summed E-state index contributed by atoms with van der Waals surface area (Å²) in [6.07, 6.45) is 3.26. The highest BCUT2D eigenvalue weighted by Crippen LogP contribution is 2.27. The Morgan fingerprint density at radius 1 is 1.47 bits per heavy atom. The van der Waals surface area contributed by atoms with Crippen LogP contribution in [0.4, 0.5) is 0 Å². The fourth-order valence-corrected chi connectivity index (χ4v) is 1.91. The molecule has 0 aromatic heterocycles. The first-order valence-corrected chi connectivity index (χ1v) is 5.26. The van der Waals surface area contributed by atoms with E-state index in [-0.39, 0.29) is 18.4 Å². The maximum atomic E-state index is 11.7. The highest BCUT2D eigenvalue weighted by molar-refractivity contribution is 5.87. The number of carbonyl (C=O) groups is 2. The second-order valence-corrected chi connectivity index (χ2v) is 4.34. The molecule has 0 bridgehead atoms. The number of amides is 1. The van der Waals surface area contributed by atoms with Gasteiger partial charge < -0.3 is 16.2 Å². The highest BCUT2D eigenvalue weighted by Gasteiger charge is 2.37. The zero-order valence-electron chi connectivity index (χ0n) is 8.95. The summed E-state index contributed by atoms with van der Waals surface area (Å²) in [5, 5.41) is 11.2. The second-order valence-electron chi connectivity index (χ2n) is 4.34. The molecule has 1 aliphatic rings. The molecule has 0 aromatic rings. The molecular formula is C10H18N2O3. The van der Waals surface area contributed by atoms with Crippen LogP contribution in [0, 0.1) is 0 Å². The molecule has 1 saturated carbocycles. The van der Waals surface area contributed by atoms with Gasteiger partial charge in [-0.05, 0) is 19.8 Å². The summed E-state index contributed by atoms with van der Waals surface area (Å²) < 4.78 is 0. The van der Waals surface area contributed by atoms with Crippen LogP contribution >= 0.6 is 0 Å². The molecule has 0 aromatic carbocycles.